The number of hydrogen-bond donors (Lipinski definition) is 2. The van der Waals surface area contributed by atoms with E-state index in [1.165, 1.54) is 36.9 Å². The van der Waals surface area contributed by atoms with Crippen LogP contribution in [0.3, 0.4) is 0 Å². The molecule has 2 aromatic carbocycles. The average Bonchev–Trinajstić information content (AvgIpc) is 3.13. The van der Waals surface area contributed by atoms with E-state index in [0.29, 0.717) is 13.1 Å². The van der Waals surface area contributed by atoms with Gasteiger partial charge in [-0.25, -0.2) is 0 Å². The van der Waals surface area contributed by atoms with Gasteiger partial charge in [0.15, 0.2) is 0 Å². The minimum Gasteiger partial charge on any atom is -0.372 e. The third kappa shape index (κ3) is 7.29. The van der Waals surface area contributed by atoms with Crippen LogP contribution >= 0.6 is 0 Å². The van der Waals surface area contributed by atoms with E-state index in [9.17, 15) is 9.59 Å². The van der Waals surface area contributed by atoms with Crippen LogP contribution in [0.1, 0.15) is 36.8 Å². The van der Waals surface area contributed by atoms with Gasteiger partial charge in [-0.3, -0.25) is 19.4 Å². The third-order valence-electron chi connectivity index (χ3n) is 7.20. The summed E-state index contributed by atoms with van der Waals surface area (Å²) >= 11 is 0. The number of hydrogen-bond acceptors (Lipinski definition) is 5. The lowest BCUT2D eigenvalue weighted by Gasteiger charge is -2.33. The first-order valence-corrected chi connectivity index (χ1v) is 12.9. The van der Waals surface area contributed by atoms with Gasteiger partial charge in [0.05, 0.1) is 13.1 Å². The molecule has 7 heteroatoms. The van der Waals surface area contributed by atoms with Crippen molar-refractivity contribution in [2.24, 2.45) is 0 Å². The lowest BCUT2D eigenvalue weighted by Crippen LogP contribution is -2.50. The zero-order valence-corrected chi connectivity index (χ0v) is 21.2. The molecule has 188 valence electrons. The number of nitrogens with zero attached hydrogens (tertiary/aromatic N) is 3. The Balaban J connectivity index is 1.18. The molecule has 0 radical (unpaired) electrons. The Morgan fingerprint density at radius 2 is 1.29 bits per heavy atom. The highest BCUT2D eigenvalue weighted by Crippen LogP contribution is 2.22. The molecular formula is C28H39N5O2. The summed E-state index contributed by atoms with van der Waals surface area (Å²) in [5.41, 5.74) is 5.24. The van der Waals surface area contributed by atoms with Crippen LogP contribution < -0.4 is 15.5 Å². The molecule has 0 saturated carbocycles. The highest BCUT2D eigenvalue weighted by molar-refractivity contribution is 5.93. The van der Waals surface area contributed by atoms with Crippen LogP contribution in [0.25, 0.3) is 0 Å². The maximum absolute atomic E-state index is 12.6. The van der Waals surface area contributed by atoms with Crippen molar-refractivity contribution in [1.82, 2.24) is 9.80 Å². The van der Waals surface area contributed by atoms with Crippen molar-refractivity contribution in [2.75, 3.05) is 67.9 Å². The van der Waals surface area contributed by atoms with Crippen molar-refractivity contribution in [3.8, 4) is 0 Å². The molecule has 35 heavy (non-hydrogen) atoms. The van der Waals surface area contributed by atoms with Crippen molar-refractivity contribution in [2.45, 2.75) is 39.5 Å². The van der Waals surface area contributed by atoms with Crippen molar-refractivity contribution in [3.05, 3.63) is 53.6 Å². The summed E-state index contributed by atoms with van der Waals surface area (Å²) in [6, 6.07) is 14.2. The highest BCUT2D eigenvalue weighted by atomic mass is 16.2. The van der Waals surface area contributed by atoms with Gasteiger partial charge < -0.3 is 15.5 Å². The normalized spacial score (nSPS) is 17.6. The van der Waals surface area contributed by atoms with E-state index in [4.69, 9.17) is 0 Å². The predicted molar refractivity (Wildman–Crippen MR) is 143 cm³/mol. The number of benzene rings is 2. The monoisotopic (exact) mass is 477 g/mol. The van der Waals surface area contributed by atoms with Gasteiger partial charge in [0.1, 0.15) is 0 Å². The number of nitrogens with one attached hydrogen (secondary N) is 2. The summed E-state index contributed by atoms with van der Waals surface area (Å²) in [6.45, 7) is 10.2. The van der Waals surface area contributed by atoms with E-state index < -0.39 is 0 Å². The fourth-order valence-electron chi connectivity index (χ4n) is 4.87. The fourth-order valence-corrected chi connectivity index (χ4v) is 4.87. The molecule has 0 bridgehead atoms. The molecule has 2 fully saturated rings. The van der Waals surface area contributed by atoms with E-state index in [0.717, 1.165) is 56.2 Å². The molecule has 0 aliphatic carbocycles. The molecule has 0 unspecified atom stereocenters. The number of piperazine rings is 1. The predicted octanol–water partition coefficient (Wildman–Crippen LogP) is 3.88. The Kier molecular flexibility index (Phi) is 8.77. The molecule has 2 saturated heterocycles. The first kappa shape index (κ1) is 25.2. The van der Waals surface area contributed by atoms with Crippen LogP contribution in [0, 0.1) is 13.8 Å². The smallest absolute Gasteiger partial charge is 0.238 e. The number of anilines is 3. The van der Waals surface area contributed by atoms with E-state index in [1.54, 1.807) is 0 Å². The Morgan fingerprint density at radius 1 is 0.714 bits per heavy atom. The van der Waals surface area contributed by atoms with Crippen LogP contribution in [0.2, 0.25) is 0 Å². The molecule has 2 aliphatic rings. The lowest BCUT2D eigenvalue weighted by molar-refractivity contribution is -0.120. The molecule has 0 spiro atoms. The van der Waals surface area contributed by atoms with Crippen LogP contribution in [0.4, 0.5) is 17.1 Å². The molecule has 2 heterocycles. The molecule has 2 aromatic rings. The van der Waals surface area contributed by atoms with Gasteiger partial charge in [-0.05, 0) is 68.1 Å². The van der Waals surface area contributed by atoms with Crippen LogP contribution in [-0.4, -0.2) is 74.0 Å². The van der Waals surface area contributed by atoms with E-state index in [1.807, 2.05) is 44.2 Å². The fraction of sp³-hybridized carbons (Fsp3) is 0.500. The minimum atomic E-state index is 0.00789. The second-order valence-corrected chi connectivity index (χ2v) is 9.84. The number of aryl methyl sites for hydroxylation is 1. The van der Waals surface area contributed by atoms with E-state index in [2.05, 4.69) is 37.5 Å². The van der Waals surface area contributed by atoms with Crippen molar-refractivity contribution < 1.29 is 9.59 Å². The van der Waals surface area contributed by atoms with Crippen LogP contribution in [-0.2, 0) is 9.59 Å². The quantitative estimate of drug-likeness (QED) is 0.634. The Hall–Kier alpha value is -2.90. The Labute approximate surface area is 209 Å². The van der Waals surface area contributed by atoms with Crippen molar-refractivity contribution >= 4 is 28.9 Å². The molecule has 2 aliphatic heterocycles. The van der Waals surface area contributed by atoms with Gasteiger partial charge in [0, 0.05) is 56.3 Å². The summed E-state index contributed by atoms with van der Waals surface area (Å²) in [4.78, 5) is 31.9. The standard InChI is InChI=1S/C28H39N5O2/c1-22-8-7-9-26(23(22)2)30-28(35)21-32-18-16-31(17-19-32)20-27(34)29-24-10-12-25(13-11-24)33-14-5-3-4-6-15-33/h7-13H,3-6,14-21H2,1-2H3,(H,29,34)(H,30,35). The highest BCUT2D eigenvalue weighted by Gasteiger charge is 2.21. The molecule has 4 rings (SSSR count). The zero-order chi connectivity index (χ0) is 24.6. The summed E-state index contributed by atoms with van der Waals surface area (Å²) in [6.07, 6.45) is 5.14. The third-order valence-corrected chi connectivity index (χ3v) is 7.20. The van der Waals surface area contributed by atoms with Gasteiger partial charge in [0.25, 0.3) is 0 Å². The van der Waals surface area contributed by atoms with Crippen molar-refractivity contribution in [1.29, 1.82) is 0 Å². The van der Waals surface area contributed by atoms with Gasteiger partial charge in [-0.1, -0.05) is 25.0 Å². The lowest BCUT2D eigenvalue weighted by atomic mass is 10.1. The number of rotatable bonds is 7. The van der Waals surface area contributed by atoms with Gasteiger partial charge in [-0.15, -0.1) is 0 Å². The number of carbonyl (C=O) groups excluding carboxylic acids is 2. The first-order valence-electron chi connectivity index (χ1n) is 12.9. The second kappa shape index (κ2) is 12.2. The molecule has 2 amide bonds. The van der Waals surface area contributed by atoms with Crippen molar-refractivity contribution in [3.63, 3.8) is 0 Å². The van der Waals surface area contributed by atoms with Gasteiger partial charge in [-0.2, -0.15) is 0 Å². The molecular weight excluding hydrogens is 438 g/mol. The maximum Gasteiger partial charge on any atom is 0.238 e. The van der Waals surface area contributed by atoms with Gasteiger partial charge >= 0.3 is 0 Å². The Morgan fingerprint density at radius 3 is 1.89 bits per heavy atom. The average molecular weight is 478 g/mol. The summed E-state index contributed by atoms with van der Waals surface area (Å²) in [5.74, 6) is 0.0159. The maximum atomic E-state index is 12.6. The summed E-state index contributed by atoms with van der Waals surface area (Å²) in [5, 5.41) is 6.07. The van der Waals surface area contributed by atoms with Crippen LogP contribution in [0.5, 0.6) is 0 Å². The summed E-state index contributed by atoms with van der Waals surface area (Å²) < 4.78 is 0. The topological polar surface area (TPSA) is 67.9 Å². The number of amides is 2. The molecule has 0 aromatic heterocycles. The molecule has 0 atom stereocenters. The molecule has 2 N–H and O–H groups in total. The van der Waals surface area contributed by atoms with Crippen LogP contribution in [0.15, 0.2) is 42.5 Å². The zero-order valence-electron chi connectivity index (χ0n) is 21.2. The Bertz CT molecular complexity index is 991. The first-order chi connectivity index (χ1) is 17.0. The van der Waals surface area contributed by atoms with E-state index in [-0.39, 0.29) is 11.8 Å². The second-order valence-electron chi connectivity index (χ2n) is 9.84. The molecule has 7 nitrogen and oxygen atoms in total. The minimum absolute atomic E-state index is 0.00789. The summed E-state index contributed by atoms with van der Waals surface area (Å²) in [7, 11) is 0. The van der Waals surface area contributed by atoms with E-state index >= 15 is 0 Å². The number of carbonyl (C=O) groups is 2. The SMILES string of the molecule is Cc1cccc(NC(=O)CN2CCN(CC(=O)Nc3ccc(N4CCCCCC4)cc3)CC2)c1C. The largest absolute Gasteiger partial charge is 0.372 e. The van der Waals surface area contributed by atoms with Gasteiger partial charge in [0.2, 0.25) is 11.8 Å².